The predicted molar refractivity (Wildman–Crippen MR) is 111 cm³/mol. The molecule has 160 valence electrons. The maximum absolute atomic E-state index is 13.7. The maximum Gasteiger partial charge on any atom is 0.254 e. The highest BCUT2D eigenvalue weighted by Crippen LogP contribution is 2.38. The van der Waals surface area contributed by atoms with Gasteiger partial charge in [0.15, 0.2) is 0 Å². The first-order valence-electron chi connectivity index (χ1n) is 10.00. The number of hydrogen-bond donors (Lipinski definition) is 1. The van der Waals surface area contributed by atoms with E-state index in [9.17, 15) is 13.6 Å². The van der Waals surface area contributed by atoms with Crippen LogP contribution >= 0.6 is 23.2 Å². The molecule has 1 amide bonds. The molecule has 1 aromatic carbocycles. The van der Waals surface area contributed by atoms with Gasteiger partial charge in [-0.15, -0.1) is 0 Å². The minimum Gasteiger partial charge on any atom is -0.350 e. The van der Waals surface area contributed by atoms with Crippen LogP contribution in [0.15, 0.2) is 30.6 Å². The van der Waals surface area contributed by atoms with Crippen LogP contribution in [0.25, 0.3) is 0 Å². The Morgan fingerprint density at radius 1 is 1.17 bits per heavy atom. The number of carbonyl (C=O) groups excluding carboxylic acids is 1. The Bertz CT molecular complexity index is 891. The minimum absolute atomic E-state index is 0.199. The molecule has 1 aliphatic heterocycles. The Morgan fingerprint density at radius 3 is 2.33 bits per heavy atom. The number of carbonyl (C=O) groups is 1. The summed E-state index contributed by atoms with van der Waals surface area (Å²) >= 11 is 12.3. The van der Waals surface area contributed by atoms with E-state index in [1.54, 1.807) is 30.6 Å². The summed E-state index contributed by atoms with van der Waals surface area (Å²) < 4.78 is 27.3. The second-order valence-electron chi connectivity index (χ2n) is 7.86. The van der Waals surface area contributed by atoms with Crippen LogP contribution in [0.5, 0.6) is 0 Å². The summed E-state index contributed by atoms with van der Waals surface area (Å²) in [7, 11) is 0. The van der Waals surface area contributed by atoms with Crippen molar-refractivity contribution in [3.63, 3.8) is 0 Å². The molecule has 4 rings (SSSR count). The third kappa shape index (κ3) is 4.90. The normalized spacial score (nSPS) is 20.0. The van der Waals surface area contributed by atoms with Crippen LogP contribution in [-0.2, 0) is 0 Å². The van der Waals surface area contributed by atoms with Crippen molar-refractivity contribution in [2.75, 3.05) is 19.6 Å². The number of aromatic nitrogens is 2. The number of amides is 1. The van der Waals surface area contributed by atoms with E-state index >= 15 is 0 Å². The fraction of sp³-hybridized carbons (Fsp3) is 0.476. The van der Waals surface area contributed by atoms with E-state index < -0.39 is 11.8 Å². The molecule has 30 heavy (non-hydrogen) atoms. The highest BCUT2D eigenvalue weighted by atomic mass is 35.5. The van der Waals surface area contributed by atoms with Gasteiger partial charge >= 0.3 is 0 Å². The van der Waals surface area contributed by atoms with E-state index in [0.29, 0.717) is 5.92 Å². The van der Waals surface area contributed by atoms with Crippen molar-refractivity contribution >= 4 is 29.1 Å². The van der Waals surface area contributed by atoms with Crippen molar-refractivity contribution in [1.29, 1.82) is 0 Å². The van der Waals surface area contributed by atoms with Gasteiger partial charge in [0, 0.05) is 56.4 Å². The van der Waals surface area contributed by atoms with Gasteiger partial charge in [0.2, 0.25) is 0 Å². The van der Waals surface area contributed by atoms with E-state index in [-0.39, 0.29) is 54.1 Å². The second kappa shape index (κ2) is 8.73. The summed E-state index contributed by atoms with van der Waals surface area (Å²) in [4.78, 5) is 23.6. The van der Waals surface area contributed by atoms with Crippen LogP contribution in [0, 0.1) is 0 Å². The quantitative estimate of drug-likeness (QED) is 0.676. The van der Waals surface area contributed by atoms with E-state index in [0.717, 1.165) is 24.2 Å². The summed E-state index contributed by atoms with van der Waals surface area (Å²) in [5.41, 5.74) is 0.986. The number of halogens is 4. The van der Waals surface area contributed by atoms with E-state index in [1.807, 2.05) is 4.90 Å². The number of piperidine rings is 1. The van der Waals surface area contributed by atoms with Gasteiger partial charge in [0.25, 0.3) is 11.8 Å². The van der Waals surface area contributed by atoms with Gasteiger partial charge in [-0.05, 0) is 25.0 Å². The van der Waals surface area contributed by atoms with Crippen LogP contribution in [0.1, 0.15) is 59.4 Å². The van der Waals surface area contributed by atoms with Crippen molar-refractivity contribution < 1.29 is 13.6 Å². The number of alkyl halides is 2. The topological polar surface area (TPSA) is 58.1 Å². The lowest BCUT2D eigenvalue weighted by Crippen LogP contribution is -2.45. The van der Waals surface area contributed by atoms with Crippen LogP contribution in [-0.4, -0.2) is 46.3 Å². The zero-order valence-electron chi connectivity index (χ0n) is 16.3. The third-order valence-electron chi connectivity index (χ3n) is 5.64. The lowest BCUT2D eigenvalue weighted by Gasteiger charge is -2.37. The summed E-state index contributed by atoms with van der Waals surface area (Å²) in [5, 5.41) is 3.37. The van der Waals surface area contributed by atoms with E-state index in [4.69, 9.17) is 23.2 Å². The smallest absolute Gasteiger partial charge is 0.254 e. The lowest BCUT2D eigenvalue weighted by molar-refractivity contribution is -0.0632. The Balaban J connectivity index is 1.51. The number of nitrogens with one attached hydrogen (secondary N) is 1. The van der Waals surface area contributed by atoms with Gasteiger partial charge in [-0.1, -0.05) is 29.3 Å². The molecular weight excluding hydrogens is 433 g/mol. The average Bonchev–Trinajstić information content (AvgIpc) is 3.55. The molecule has 2 aromatic rings. The summed E-state index contributed by atoms with van der Waals surface area (Å²) in [6.45, 7) is 0.660. The van der Waals surface area contributed by atoms with Gasteiger partial charge in [0.1, 0.15) is 5.82 Å². The summed E-state index contributed by atoms with van der Waals surface area (Å²) in [6.07, 6.45) is 5.25. The van der Waals surface area contributed by atoms with E-state index in [2.05, 4.69) is 15.3 Å². The van der Waals surface area contributed by atoms with Gasteiger partial charge < -0.3 is 5.32 Å². The molecule has 1 atom stereocenters. The molecule has 2 fully saturated rings. The maximum atomic E-state index is 13.7. The molecule has 0 bridgehead atoms. The number of likely N-dealkylation sites (tertiary alicyclic amines) is 1. The minimum atomic E-state index is -2.65. The standard InChI is InChI=1S/C21H22Cl2F2N4O/c22-15-2-1-3-16(23)18(15)20(30)28-12-17(29-8-6-21(24,25)7-9-29)14-10-26-19(27-11-14)13-4-5-13/h1-3,10-11,13,17H,4-9,12H2,(H,28,30). The van der Waals surface area contributed by atoms with Crippen LogP contribution < -0.4 is 5.32 Å². The Kier molecular flexibility index (Phi) is 6.23. The van der Waals surface area contributed by atoms with Gasteiger partial charge in [0.05, 0.1) is 21.7 Å². The zero-order valence-corrected chi connectivity index (χ0v) is 17.8. The van der Waals surface area contributed by atoms with Gasteiger partial charge in [-0.25, -0.2) is 18.7 Å². The van der Waals surface area contributed by atoms with Crippen LogP contribution in [0.4, 0.5) is 8.78 Å². The SMILES string of the molecule is O=C(NCC(c1cnc(C2CC2)nc1)N1CCC(F)(F)CC1)c1c(Cl)cccc1Cl. The first-order valence-corrected chi connectivity index (χ1v) is 10.8. The Morgan fingerprint density at radius 2 is 1.77 bits per heavy atom. The molecule has 2 heterocycles. The second-order valence-corrected chi connectivity index (χ2v) is 8.68. The fourth-order valence-corrected chi connectivity index (χ4v) is 4.25. The molecule has 2 aliphatic rings. The largest absolute Gasteiger partial charge is 0.350 e. The average molecular weight is 455 g/mol. The fourth-order valence-electron chi connectivity index (χ4n) is 3.69. The first kappa shape index (κ1) is 21.4. The summed E-state index contributed by atoms with van der Waals surface area (Å²) in [5.74, 6) is -1.82. The van der Waals surface area contributed by atoms with Crippen molar-refractivity contribution in [3.05, 3.63) is 57.6 Å². The molecule has 9 heteroatoms. The number of hydrogen-bond acceptors (Lipinski definition) is 4. The van der Waals surface area contributed by atoms with E-state index in [1.165, 1.54) is 0 Å². The molecule has 1 saturated carbocycles. The monoisotopic (exact) mass is 454 g/mol. The molecule has 0 radical (unpaired) electrons. The van der Waals surface area contributed by atoms with Crippen molar-refractivity contribution in [2.24, 2.45) is 0 Å². The molecule has 1 aromatic heterocycles. The number of nitrogens with zero attached hydrogens (tertiary/aromatic N) is 3. The molecular formula is C21H22Cl2F2N4O. The molecule has 1 N–H and O–H groups in total. The van der Waals surface area contributed by atoms with Crippen molar-refractivity contribution in [2.45, 2.75) is 43.6 Å². The first-order chi connectivity index (χ1) is 14.3. The highest BCUT2D eigenvalue weighted by molar-refractivity contribution is 6.39. The number of rotatable bonds is 6. The Labute approximate surface area is 183 Å². The molecule has 0 spiro atoms. The zero-order chi connectivity index (χ0) is 21.3. The number of benzene rings is 1. The van der Waals surface area contributed by atoms with Crippen molar-refractivity contribution in [1.82, 2.24) is 20.2 Å². The third-order valence-corrected chi connectivity index (χ3v) is 6.27. The highest BCUT2D eigenvalue weighted by Gasteiger charge is 2.37. The summed E-state index contributed by atoms with van der Waals surface area (Å²) in [6, 6.07) is 4.53. The lowest BCUT2D eigenvalue weighted by atomic mass is 10.0. The van der Waals surface area contributed by atoms with Gasteiger partial charge in [-0.2, -0.15) is 0 Å². The van der Waals surface area contributed by atoms with Gasteiger partial charge in [-0.3, -0.25) is 9.69 Å². The van der Waals surface area contributed by atoms with Crippen LogP contribution in [0.2, 0.25) is 10.0 Å². The predicted octanol–water partition coefficient (Wildman–Crippen LogP) is 4.86. The molecule has 1 aliphatic carbocycles. The Hall–Kier alpha value is -1.83. The van der Waals surface area contributed by atoms with Crippen LogP contribution in [0.3, 0.4) is 0 Å². The molecule has 1 saturated heterocycles. The van der Waals surface area contributed by atoms with Crippen molar-refractivity contribution in [3.8, 4) is 0 Å². The molecule has 1 unspecified atom stereocenters. The molecule has 5 nitrogen and oxygen atoms in total.